The molecule has 0 saturated heterocycles. The van der Waals surface area contributed by atoms with Crippen LogP contribution in [0.2, 0.25) is 5.02 Å². The van der Waals surface area contributed by atoms with Crippen LogP contribution in [0, 0.1) is 23.4 Å². The molecule has 0 saturated carbocycles. The number of allylic oxidation sites excluding steroid dienone is 1. The Labute approximate surface area is 171 Å². The zero-order valence-electron chi connectivity index (χ0n) is 15.4. The van der Waals surface area contributed by atoms with E-state index in [1.165, 1.54) is 23.9 Å². The van der Waals surface area contributed by atoms with Crippen molar-refractivity contribution in [2.45, 2.75) is 18.7 Å². The Bertz CT molecular complexity index is 810. The number of benzene rings is 2. The minimum absolute atomic E-state index is 0.0342. The molecule has 1 amide bonds. The average Bonchev–Trinajstić information content (AvgIpc) is 2.65. The number of hydrogen-bond donors (Lipinski definition) is 2. The maximum atomic E-state index is 13.2. The third-order valence-corrected chi connectivity index (χ3v) is 5.10. The molecular weight excluding hydrogens is 411 g/mol. The van der Waals surface area contributed by atoms with Crippen LogP contribution < -0.4 is 5.32 Å². The molecule has 0 bridgehead atoms. The summed E-state index contributed by atoms with van der Waals surface area (Å²) in [4.78, 5) is 12.9. The van der Waals surface area contributed by atoms with Crippen LogP contribution in [0.5, 0.6) is 0 Å². The highest BCUT2D eigenvalue weighted by Gasteiger charge is 2.14. The topological polar surface area (TPSA) is 49.3 Å². The summed E-state index contributed by atoms with van der Waals surface area (Å²) >= 11 is 7.47. The zero-order valence-corrected chi connectivity index (χ0v) is 17.0. The molecule has 3 nitrogen and oxygen atoms in total. The highest BCUT2D eigenvalue weighted by Crippen LogP contribution is 2.30. The second-order valence-electron chi connectivity index (χ2n) is 5.86. The molecule has 28 heavy (non-hydrogen) atoms. The van der Waals surface area contributed by atoms with Gasteiger partial charge in [0.2, 0.25) is 0 Å². The van der Waals surface area contributed by atoms with Gasteiger partial charge in [-0.1, -0.05) is 24.6 Å². The standard InChI is InChI=1S/C17H15ClF3NO2S.C3H6/c1-9(7-23)8-25-15-4-10(2-3-12(15)18)17(24)22-11-5-13(19)16(21)14(20)6-11;1-3-2/h2-6,9,23H,7-8H2,1H3,(H,22,24);3H,1H2,2H3. The second-order valence-corrected chi connectivity index (χ2v) is 7.33. The Morgan fingerprint density at radius 2 is 1.86 bits per heavy atom. The maximum absolute atomic E-state index is 13.2. The first kappa shape index (κ1) is 24.1. The quantitative estimate of drug-likeness (QED) is 0.339. The fraction of sp³-hybridized carbons (Fsp3) is 0.250. The van der Waals surface area contributed by atoms with E-state index in [4.69, 9.17) is 16.7 Å². The van der Waals surface area contributed by atoms with E-state index in [0.717, 1.165) is 0 Å². The smallest absolute Gasteiger partial charge is 0.255 e. The molecule has 2 aromatic carbocycles. The molecule has 152 valence electrons. The largest absolute Gasteiger partial charge is 0.396 e. The van der Waals surface area contributed by atoms with Crippen molar-refractivity contribution in [3.8, 4) is 0 Å². The number of anilines is 1. The summed E-state index contributed by atoms with van der Waals surface area (Å²) in [5.74, 6) is -4.32. The van der Waals surface area contributed by atoms with E-state index in [1.807, 2.05) is 13.8 Å². The van der Waals surface area contributed by atoms with E-state index in [1.54, 1.807) is 12.1 Å². The monoisotopic (exact) mass is 431 g/mol. The Morgan fingerprint density at radius 1 is 1.29 bits per heavy atom. The third-order valence-electron chi connectivity index (χ3n) is 3.27. The number of rotatable bonds is 6. The third kappa shape index (κ3) is 7.22. The van der Waals surface area contributed by atoms with Gasteiger partial charge < -0.3 is 10.4 Å². The highest BCUT2D eigenvalue weighted by molar-refractivity contribution is 7.99. The minimum atomic E-state index is -1.60. The van der Waals surface area contributed by atoms with E-state index in [2.05, 4.69) is 11.9 Å². The lowest BCUT2D eigenvalue weighted by Crippen LogP contribution is -2.13. The number of halogens is 4. The van der Waals surface area contributed by atoms with Crippen molar-refractivity contribution in [1.29, 1.82) is 0 Å². The van der Waals surface area contributed by atoms with Crippen LogP contribution in [0.1, 0.15) is 24.2 Å². The van der Waals surface area contributed by atoms with Crippen molar-refractivity contribution in [3.05, 3.63) is 71.0 Å². The van der Waals surface area contributed by atoms with Gasteiger partial charge in [-0.05, 0) is 31.0 Å². The van der Waals surface area contributed by atoms with Crippen LogP contribution in [-0.4, -0.2) is 23.4 Å². The van der Waals surface area contributed by atoms with Gasteiger partial charge in [0, 0.05) is 40.6 Å². The molecule has 2 N–H and O–H groups in total. The second kappa shape index (κ2) is 11.8. The van der Waals surface area contributed by atoms with Gasteiger partial charge in [0.25, 0.3) is 5.91 Å². The molecule has 0 aliphatic rings. The van der Waals surface area contributed by atoms with Crippen LogP contribution in [0.25, 0.3) is 0 Å². The number of hydrogen-bond acceptors (Lipinski definition) is 3. The first-order chi connectivity index (χ1) is 13.2. The molecule has 0 aromatic heterocycles. The molecule has 2 aromatic rings. The SMILES string of the molecule is C=CC.CC(CO)CSc1cc(C(=O)Nc2cc(F)c(F)c(F)c2)ccc1Cl. The van der Waals surface area contributed by atoms with Crippen molar-refractivity contribution in [1.82, 2.24) is 0 Å². The first-order valence-corrected chi connectivity index (χ1v) is 9.65. The number of nitrogens with one attached hydrogen (secondary N) is 1. The number of carbonyl (C=O) groups is 1. The number of amides is 1. The molecule has 1 unspecified atom stereocenters. The van der Waals surface area contributed by atoms with E-state index >= 15 is 0 Å². The summed E-state index contributed by atoms with van der Waals surface area (Å²) in [6.07, 6.45) is 1.75. The summed E-state index contributed by atoms with van der Waals surface area (Å²) in [7, 11) is 0. The van der Waals surface area contributed by atoms with Gasteiger partial charge in [-0.25, -0.2) is 13.2 Å². The summed E-state index contributed by atoms with van der Waals surface area (Å²) in [6.45, 7) is 7.15. The Balaban J connectivity index is 0.00000122. The lowest BCUT2D eigenvalue weighted by atomic mass is 10.2. The van der Waals surface area contributed by atoms with Gasteiger partial charge in [0.1, 0.15) is 0 Å². The minimum Gasteiger partial charge on any atom is -0.396 e. The summed E-state index contributed by atoms with van der Waals surface area (Å²) < 4.78 is 39.4. The van der Waals surface area contributed by atoms with Crippen LogP contribution >= 0.6 is 23.4 Å². The van der Waals surface area contributed by atoms with E-state index in [-0.39, 0.29) is 23.8 Å². The van der Waals surface area contributed by atoms with Gasteiger partial charge in [-0.2, -0.15) is 0 Å². The van der Waals surface area contributed by atoms with Crippen LogP contribution in [0.4, 0.5) is 18.9 Å². The van der Waals surface area contributed by atoms with Gasteiger partial charge in [-0.15, -0.1) is 18.3 Å². The average molecular weight is 432 g/mol. The molecule has 8 heteroatoms. The number of carbonyl (C=O) groups excluding carboxylic acids is 1. The molecule has 0 aliphatic carbocycles. The molecule has 0 heterocycles. The van der Waals surface area contributed by atoms with Crippen molar-refractivity contribution in [3.63, 3.8) is 0 Å². The van der Waals surface area contributed by atoms with Gasteiger partial charge in [0.15, 0.2) is 17.5 Å². The van der Waals surface area contributed by atoms with Crippen LogP contribution in [0.15, 0.2) is 47.9 Å². The van der Waals surface area contributed by atoms with E-state index in [0.29, 0.717) is 27.8 Å². The number of aliphatic hydroxyl groups excluding tert-OH is 1. The molecule has 0 spiro atoms. The lowest BCUT2D eigenvalue weighted by Gasteiger charge is -2.11. The zero-order chi connectivity index (χ0) is 21.3. The van der Waals surface area contributed by atoms with Crippen molar-refractivity contribution >= 4 is 35.0 Å². The molecule has 0 aliphatic heterocycles. The molecule has 1 atom stereocenters. The fourth-order valence-electron chi connectivity index (χ4n) is 1.87. The van der Waals surface area contributed by atoms with Crippen LogP contribution in [-0.2, 0) is 0 Å². The van der Waals surface area contributed by atoms with Gasteiger partial charge in [-0.3, -0.25) is 4.79 Å². The fourth-order valence-corrected chi connectivity index (χ4v) is 3.14. The maximum Gasteiger partial charge on any atom is 0.255 e. The first-order valence-electron chi connectivity index (χ1n) is 8.29. The Morgan fingerprint density at radius 3 is 2.39 bits per heavy atom. The molecule has 0 radical (unpaired) electrons. The van der Waals surface area contributed by atoms with E-state index in [9.17, 15) is 18.0 Å². The summed E-state index contributed by atoms with van der Waals surface area (Å²) in [5, 5.41) is 11.8. The van der Waals surface area contributed by atoms with Crippen molar-refractivity contribution in [2.24, 2.45) is 5.92 Å². The predicted octanol–water partition coefficient (Wildman–Crippen LogP) is 5.92. The molecule has 0 fully saturated rings. The predicted molar refractivity (Wildman–Crippen MR) is 109 cm³/mol. The van der Waals surface area contributed by atoms with Crippen molar-refractivity contribution < 1.29 is 23.1 Å². The summed E-state index contributed by atoms with van der Waals surface area (Å²) in [6, 6.07) is 5.94. The van der Waals surface area contributed by atoms with Gasteiger partial charge >= 0.3 is 0 Å². The van der Waals surface area contributed by atoms with E-state index < -0.39 is 23.4 Å². The highest BCUT2D eigenvalue weighted by atomic mass is 35.5. The van der Waals surface area contributed by atoms with Gasteiger partial charge in [0.05, 0.1) is 5.02 Å². The number of aliphatic hydroxyl groups is 1. The number of thioether (sulfide) groups is 1. The van der Waals surface area contributed by atoms with Crippen LogP contribution in [0.3, 0.4) is 0 Å². The normalized spacial score (nSPS) is 11.2. The van der Waals surface area contributed by atoms with Crippen molar-refractivity contribution in [2.75, 3.05) is 17.7 Å². The molecule has 2 rings (SSSR count). The summed E-state index contributed by atoms with van der Waals surface area (Å²) in [5.41, 5.74) is 0.0353. The Kier molecular flexibility index (Phi) is 10.1. The lowest BCUT2D eigenvalue weighted by molar-refractivity contribution is 0.102. The Hall–Kier alpha value is -1.96. The molecular formula is C20H21ClF3NO2S.